The second-order valence-electron chi connectivity index (χ2n) is 3.65. The van der Waals surface area contributed by atoms with Crippen molar-refractivity contribution in [3.05, 3.63) is 53.0 Å². The number of alkyl halides is 1. The lowest BCUT2D eigenvalue weighted by molar-refractivity contribution is 1.13. The zero-order valence-corrected chi connectivity index (χ0v) is 15.1. The van der Waals surface area contributed by atoms with Crippen molar-refractivity contribution in [2.24, 2.45) is 0 Å². The highest BCUT2D eigenvalue weighted by Gasteiger charge is 2.17. The maximum absolute atomic E-state index is 6.52. The molecule has 17 heavy (non-hydrogen) atoms. The number of benzene rings is 1. The molecule has 0 spiro atoms. The normalized spacial score (nSPS) is 12.8. The van der Waals surface area contributed by atoms with E-state index in [4.69, 9.17) is 11.6 Å². The minimum absolute atomic E-state index is 0.126. The topological polar surface area (TPSA) is 0 Å². The van der Waals surface area contributed by atoms with E-state index in [0.29, 0.717) is 0 Å². The third kappa shape index (κ3) is 3.16. The number of halogens is 4. The predicted molar refractivity (Wildman–Crippen MR) is 86.3 cm³/mol. The number of hydrogen-bond donors (Lipinski definition) is 0. The molecule has 1 aromatic heterocycles. The van der Waals surface area contributed by atoms with Crippen LogP contribution < -0.4 is 0 Å². The predicted octanol–water partition coefficient (Wildman–Crippen LogP) is 6.67. The first-order valence-corrected chi connectivity index (χ1v) is 8.47. The van der Waals surface area contributed by atoms with Gasteiger partial charge in [-0.15, -0.1) is 22.9 Å². The van der Waals surface area contributed by atoms with Crippen LogP contribution in [0, 0.1) is 6.92 Å². The molecular formula is C12H8Br3ClS. The molecule has 2 aromatic rings. The van der Waals surface area contributed by atoms with Gasteiger partial charge in [-0.2, -0.15) is 0 Å². The third-order valence-corrected chi connectivity index (χ3v) is 6.19. The first kappa shape index (κ1) is 14.1. The van der Waals surface area contributed by atoms with Crippen molar-refractivity contribution in [1.29, 1.82) is 0 Å². The van der Waals surface area contributed by atoms with Crippen LogP contribution in [0.1, 0.15) is 22.1 Å². The van der Waals surface area contributed by atoms with Gasteiger partial charge in [-0.3, -0.25) is 0 Å². The molecule has 0 amide bonds. The van der Waals surface area contributed by atoms with Crippen LogP contribution in [-0.2, 0) is 0 Å². The fraction of sp³-hybridized carbons (Fsp3) is 0.167. The Kier molecular flexibility index (Phi) is 4.75. The first-order chi connectivity index (χ1) is 7.99. The highest BCUT2D eigenvalue weighted by atomic mass is 79.9. The van der Waals surface area contributed by atoms with Crippen molar-refractivity contribution in [2.75, 3.05) is 0 Å². The van der Waals surface area contributed by atoms with Gasteiger partial charge in [0, 0.05) is 10.0 Å². The minimum Gasteiger partial charge on any atom is -0.121 e. The zero-order valence-electron chi connectivity index (χ0n) is 8.81. The van der Waals surface area contributed by atoms with Crippen LogP contribution in [0.5, 0.6) is 0 Å². The molecule has 1 atom stereocenters. The summed E-state index contributed by atoms with van der Waals surface area (Å²) in [4.78, 5) is 0. The maximum Gasteiger partial charge on any atom is 0.0855 e. The van der Waals surface area contributed by atoms with Crippen molar-refractivity contribution in [2.45, 2.75) is 12.3 Å². The summed E-state index contributed by atoms with van der Waals surface area (Å²) in [6, 6.07) is 8.26. The lowest BCUT2D eigenvalue weighted by Gasteiger charge is -2.10. The second-order valence-corrected chi connectivity index (χ2v) is 8.69. The largest absolute Gasteiger partial charge is 0.121 e. The highest BCUT2D eigenvalue weighted by molar-refractivity contribution is 9.12. The molecule has 0 N–H and O–H groups in total. The monoisotopic (exact) mass is 456 g/mol. The van der Waals surface area contributed by atoms with Gasteiger partial charge in [0.05, 0.1) is 12.9 Å². The molecule has 0 saturated carbocycles. The van der Waals surface area contributed by atoms with E-state index in [2.05, 4.69) is 66.8 Å². The van der Waals surface area contributed by atoms with Crippen molar-refractivity contribution in [1.82, 2.24) is 0 Å². The van der Waals surface area contributed by atoms with E-state index in [1.54, 1.807) is 11.3 Å². The van der Waals surface area contributed by atoms with E-state index in [1.165, 1.54) is 5.56 Å². The van der Waals surface area contributed by atoms with E-state index < -0.39 is 0 Å². The van der Waals surface area contributed by atoms with Gasteiger partial charge in [-0.05, 0) is 62.0 Å². The molecule has 0 aliphatic heterocycles. The molecule has 0 radical (unpaired) electrons. The van der Waals surface area contributed by atoms with Crippen molar-refractivity contribution >= 4 is 70.7 Å². The number of rotatable bonds is 2. The summed E-state index contributed by atoms with van der Waals surface area (Å²) in [6.07, 6.45) is 0. The molecule has 1 aromatic carbocycles. The summed E-state index contributed by atoms with van der Waals surface area (Å²) < 4.78 is 3.26. The van der Waals surface area contributed by atoms with E-state index in [-0.39, 0.29) is 5.38 Å². The standard InChI is InChI=1S/C12H8Br3ClS/c1-6-4-7(2-3-9(6)13)11(16)8-5-10(14)17-12(8)15/h2-5,11H,1H3. The van der Waals surface area contributed by atoms with Crippen LogP contribution in [-0.4, -0.2) is 0 Å². The minimum atomic E-state index is -0.126. The molecule has 0 nitrogen and oxygen atoms in total. The van der Waals surface area contributed by atoms with Crippen LogP contribution in [0.3, 0.4) is 0 Å². The summed E-state index contributed by atoms with van der Waals surface area (Å²) in [5.41, 5.74) is 3.40. The van der Waals surface area contributed by atoms with Crippen molar-refractivity contribution in [3.63, 3.8) is 0 Å². The molecule has 90 valence electrons. The Labute approximate surface area is 135 Å². The van der Waals surface area contributed by atoms with Crippen LogP contribution in [0.4, 0.5) is 0 Å². The van der Waals surface area contributed by atoms with Gasteiger partial charge >= 0.3 is 0 Å². The molecule has 1 heterocycles. The van der Waals surface area contributed by atoms with E-state index in [0.717, 1.165) is 23.2 Å². The molecule has 0 bridgehead atoms. The molecule has 0 fully saturated rings. The lowest BCUT2D eigenvalue weighted by Crippen LogP contribution is -1.93. The summed E-state index contributed by atoms with van der Waals surface area (Å²) in [6.45, 7) is 2.07. The molecule has 2 rings (SSSR count). The smallest absolute Gasteiger partial charge is 0.0855 e. The Morgan fingerprint density at radius 1 is 1.18 bits per heavy atom. The zero-order chi connectivity index (χ0) is 12.6. The molecule has 0 aliphatic carbocycles. The second kappa shape index (κ2) is 5.74. The van der Waals surface area contributed by atoms with Crippen LogP contribution in [0.25, 0.3) is 0 Å². The van der Waals surface area contributed by atoms with Crippen LogP contribution in [0.2, 0.25) is 0 Å². The highest BCUT2D eigenvalue weighted by Crippen LogP contribution is 2.41. The lowest BCUT2D eigenvalue weighted by atomic mass is 10.1. The number of hydrogen-bond acceptors (Lipinski definition) is 1. The van der Waals surface area contributed by atoms with E-state index in [9.17, 15) is 0 Å². The summed E-state index contributed by atoms with van der Waals surface area (Å²) in [5.74, 6) is 0. The van der Waals surface area contributed by atoms with Gasteiger partial charge in [0.25, 0.3) is 0 Å². The summed E-state index contributed by atoms with van der Waals surface area (Å²) >= 11 is 18.7. The molecule has 1 unspecified atom stereocenters. The molecule has 0 aliphatic rings. The summed E-state index contributed by atoms with van der Waals surface area (Å²) in [5, 5.41) is -0.126. The number of aryl methyl sites for hydroxylation is 1. The average Bonchev–Trinajstić information content (AvgIpc) is 2.61. The Balaban J connectivity index is 2.40. The number of thiophene rings is 1. The van der Waals surface area contributed by atoms with E-state index in [1.807, 2.05) is 12.1 Å². The van der Waals surface area contributed by atoms with Gasteiger partial charge in [0.1, 0.15) is 0 Å². The average molecular weight is 459 g/mol. The van der Waals surface area contributed by atoms with Gasteiger partial charge in [-0.1, -0.05) is 28.1 Å². The molecular weight excluding hydrogens is 451 g/mol. The van der Waals surface area contributed by atoms with E-state index >= 15 is 0 Å². The SMILES string of the molecule is Cc1cc(C(Cl)c2cc(Br)sc2Br)ccc1Br. The van der Waals surface area contributed by atoms with Gasteiger partial charge < -0.3 is 0 Å². The first-order valence-electron chi connectivity index (χ1n) is 4.84. The quantitative estimate of drug-likeness (QED) is 0.440. The third-order valence-electron chi connectivity index (χ3n) is 2.43. The molecule has 5 heteroatoms. The van der Waals surface area contributed by atoms with Crippen molar-refractivity contribution in [3.8, 4) is 0 Å². The Hall–Kier alpha value is 0.650. The Morgan fingerprint density at radius 2 is 1.88 bits per heavy atom. The van der Waals surface area contributed by atoms with Crippen LogP contribution >= 0.6 is 70.7 Å². The fourth-order valence-electron chi connectivity index (χ4n) is 1.53. The molecule has 0 saturated heterocycles. The fourth-order valence-corrected chi connectivity index (χ4v) is 5.18. The Morgan fingerprint density at radius 3 is 2.41 bits per heavy atom. The van der Waals surface area contributed by atoms with Gasteiger partial charge in [-0.25, -0.2) is 0 Å². The Bertz CT molecular complexity index is 551. The van der Waals surface area contributed by atoms with Gasteiger partial charge in [0.15, 0.2) is 0 Å². The van der Waals surface area contributed by atoms with Crippen molar-refractivity contribution < 1.29 is 0 Å². The van der Waals surface area contributed by atoms with Crippen LogP contribution in [0.15, 0.2) is 36.3 Å². The maximum atomic E-state index is 6.52. The summed E-state index contributed by atoms with van der Waals surface area (Å²) in [7, 11) is 0. The van der Waals surface area contributed by atoms with Gasteiger partial charge in [0.2, 0.25) is 0 Å².